The van der Waals surface area contributed by atoms with E-state index in [4.69, 9.17) is 9.72 Å². The number of para-hydroxylation sites is 1. The molecular weight excluding hydrogens is 668 g/mol. The first-order valence-electron chi connectivity index (χ1n) is 14.5. The minimum atomic E-state index is -3.20. The monoisotopic (exact) mass is 697 g/mol. The SMILES string of the molecule is CC(C)(C)c1ccnc(-n2c3[c-]c(Oc4[c-]c(P(=O)(c5ccccc5)c5ccccc5)ccc4)ccc3c3ccccc32)n1.[Pd+2]. The fraction of sp³-hybridized carbons (Fsp3) is 0.105. The van der Waals surface area contributed by atoms with Crippen molar-refractivity contribution in [2.24, 2.45) is 0 Å². The van der Waals surface area contributed by atoms with Gasteiger partial charge < -0.3 is 13.9 Å². The van der Waals surface area contributed by atoms with Gasteiger partial charge in [-0.2, -0.15) is 18.2 Å². The Bertz CT molecular complexity index is 2130. The Morgan fingerprint density at radius 3 is 2.02 bits per heavy atom. The van der Waals surface area contributed by atoms with E-state index >= 15 is 0 Å². The summed E-state index contributed by atoms with van der Waals surface area (Å²) in [4.78, 5) is 9.61. The molecule has 2 heterocycles. The molecule has 0 spiro atoms. The molecule has 0 radical (unpaired) electrons. The van der Waals surface area contributed by atoms with Gasteiger partial charge in [0.05, 0.1) is 5.69 Å². The summed E-state index contributed by atoms with van der Waals surface area (Å²) in [5.41, 5.74) is 2.62. The Balaban J connectivity index is 0.00000357. The van der Waals surface area contributed by atoms with Crippen LogP contribution in [0, 0.1) is 12.1 Å². The van der Waals surface area contributed by atoms with Gasteiger partial charge in [-0.15, -0.1) is 29.7 Å². The van der Waals surface area contributed by atoms with Crippen LogP contribution < -0.4 is 20.7 Å². The predicted octanol–water partition coefficient (Wildman–Crippen LogP) is 7.90. The predicted molar refractivity (Wildman–Crippen MR) is 179 cm³/mol. The molecule has 0 saturated heterocycles. The van der Waals surface area contributed by atoms with Crippen molar-refractivity contribution in [2.75, 3.05) is 0 Å². The van der Waals surface area contributed by atoms with Crippen LogP contribution in [-0.2, 0) is 30.4 Å². The Morgan fingerprint density at radius 2 is 1.33 bits per heavy atom. The van der Waals surface area contributed by atoms with Crippen molar-refractivity contribution in [3.63, 3.8) is 0 Å². The summed E-state index contributed by atoms with van der Waals surface area (Å²) in [7, 11) is -3.20. The summed E-state index contributed by atoms with van der Waals surface area (Å²) >= 11 is 0. The summed E-state index contributed by atoms with van der Waals surface area (Å²) < 4.78 is 23.3. The van der Waals surface area contributed by atoms with Crippen LogP contribution in [0.5, 0.6) is 11.5 Å². The average molecular weight is 698 g/mol. The van der Waals surface area contributed by atoms with E-state index in [0.717, 1.165) is 38.1 Å². The second-order valence-corrected chi connectivity index (χ2v) is 14.4. The van der Waals surface area contributed by atoms with Crippen molar-refractivity contribution >= 4 is 44.9 Å². The molecule has 0 aliphatic rings. The summed E-state index contributed by atoms with van der Waals surface area (Å²) in [5.74, 6) is 1.55. The summed E-state index contributed by atoms with van der Waals surface area (Å²) in [6.45, 7) is 6.42. The van der Waals surface area contributed by atoms with Gasteiger partial charge >= 0.3 is 20.4 Å². The summed E-state index contributed by atoms with van der Waals surface area (Å²) in [6, 6.07) is 45.6. The summed E-state index contributed by atoms with van der Waals surface area (Å²) in [6.07, 6.45) is 1.81. The molecule has 0 aliphatic carbocycles. The first-order valence-corrected chi connectivity index (χ1v) is 16.2. The molecule has 5 nitrogen and oxygen atoms in total. The molecule has 45 heavy (non-hydrogen) atoms. The van der Waals surface area contributed by atoms with Crippen LogP contribution in [0.1, 0.15) is 26.5 Å². The number of benzene rings is 5. The quantitative estimate of drug-likeness (QED) is 0.101. The minimum Gasteiger partial charge on any atom is -0.509 e. The van der Waals surface area contributed by atoms with Crippen LogP contribution >= 0.6 is 7.14 Å². The molecule has 0 aliphatic heterocycles. The molecule has 224 valence electrons. The molecule has 0 bridgehead atoms. The van der Waals surface area contributed by atoms with E-state index in [2.05, 4.69) is 50.0 Å². The van der Waals surface area contributed by atoms with E-state index in [9.17, 15) is 4.57 Å². The third kappa shape index (κ3) is 5.67. The number of rotatable bonds is 6. The van der Waals surface area contributed by atoms with Gasteiger partial charge in [0.2, 0.25) is 5.95 Å². The molecule has 7 heteroatoms. The number of fused-ring (bicyclic) bond motifs is 3. The van der Waals surface area contributed by atoms with Gasteiger partial charge in [-0.25, -0.2) is 9.97 Å². The molecule has 5 aromatic carbocycles. The number of nitrogens with zero attached hydrogens (tertiary/aromatic N) is 3. The van der Waals surface area contributed by atoms with Gasteiger partial charge in [0.1, 0.15) is 7.14 Å². The van der Waals surface area contributed by atoms with Gasteiger partial charge in [-0.3, -0.25) is 0 Å². The topological polar surface area (TPSA) is 57.0 Å². The maximum atomic E-state index is 14.9. The maximum absolute atomic E-state index is 14.9. The van der Waals surface area contributed by atoms with Crippen molar-refractivity contribution in [1.29, 1.82) is 0 Å². The molecule has 7 rings (SSSR count). The van der Waals surface area contributed by atoms with Crippen molar-refractivity contribution in [1.82, 2.24) is 14.5 Å². The van der Waals surface area contributed by atoms with Gasteiger partial charge in [-0.05, 0) is 17.5 Å². The molecule has 0 fully saturated rings. The smallest absolute Gasteiger partial charge is 0.509 e. The number of aromatic nitrogens is 3. The van der Waals surface area contributed by atoms with Crippen molar-refractivity contribution in [3.05, 3.63) is 145 Å². The minimum absolute atomic E-state index is 0. The first kappa shape index (κ1) is 30.7. The Kier molecular flexibility index (Phi) is 8.34. The zero-order chi connectivity index (χ0) is 30.3. The first-order chi connectivity index (χ1) is 21.3. The molecule has 0 N–H and O–H groups in total. The van der Waals surface area contributed by atoms with Crippen LogP contribution in [0.3, 0.4) is 0 Å². The normalized spacial score (nSPS) is 11.8. The Morgan fingerprint density at radius 1 is 0.689 bits per heavy atom. The van der Waals surface area contributed by atoms with Gasteiger partial charge in [0.15, 0.2) is 0 Å². The van der Waals surface area contributed by atoms with Gasteiger partial charge in [0, 0.05) is 39.2 Å². The van der Waals surface area contributed by atoms with Gasteiger partial charge in [-0.1, -0.05) is 110 Å². The molecule has 0 atom stereocenters. The second kappa shape index (κ2) is 12.2. The third-order valence-electron chi connectivity index (χ3n) is 7.72. The van der Waals surface area contributed by atoms with E-state index in [1.807, 2.05) is 120 Å². The fourth-order valence-electron chi connectivity index (χ4n) is 5.52. The molecule has 0 amide bonds. The molecule has 7 aromatic rings. The van der Waals surface area contributed by atoms with Crippen LogP contribution in [0.25, 0.3) is 27.8 Å². The molecule has 0 saturated carbocycles. The Labute approximate surface area is 277 Å². The average Bonchev–Trinajstić information content (AvgIpc) is 3.38. The number of ether oxygens (including phenoxy) is 1. The molecule has 0 unspecified atom stereocenters. The largest absolute Gasteiger partial charge is 2.00 e. The van der Waals surface area contributed by atoms with Crippen LogP contribution in [0.2, 0.25) is 0 Å². The van der Waals surface area contributed by atoms with Crippen molar-refractivity contribution in [3.8, 4) is 17.4 Å². The van der Waals surface area contributed by atoms with E-state index in [0.29, 0.717) is 22.8 Å². The third-order valence-corrected chi connectivity index (χ3v) is 10.7. The fourth-order valence-corrected chi connectivity index (χ4v) is 8.12. The Hall–Kier alpha value is -4.33. The second-order valence-electron chi connectivity index (χ2n) is 11.7. The van der Waals surface area contributed by atoms with Crippen LogP contribution in [0.15, 0.2) is 128 Å². The standard InChI is InChI=1S/C38H30N3O2P.Pd/c1-38(2,3)36-23-24-39-37(40-36)41-34-20-11-10-19-32(34)33-22-21-28(26-35(33)41)43-27-13-12-18-31(25-27)44(42,29-14-6-4-7-15-29)30-16-8-5-9-17-30;/h4-24H,1-3H3;/q-2;+2. The van der Waals surface area contributed by atoms with E-state index in [-0.39, 0.29) is 25.8 Å². The van der Waals surface area contributed by atoms with Crippen molar-refractivity contribution in [2.45, 2.75) is 26.2 Å². The zero-order valence-electron chi connectivity index (χ0n) is 25.0. The van der Waals surface area contributed by atoms with E-state index in [1.165, 1.54) is 0 Å². The number of hydrogen-bond donors (Lipinski definition) is 0. The maximum Gasteiger partial charge on any atom is 2.00 e. The number of hydrogen-bond acceptors (Lipinski definition) is 4. The molecule has 2 aromatic heterocycles. The van der Waals surface area contributed by atoms with Crippen LogP contribution in [-0.4, -0.2) is 14.5 Å². The van der Waals surface area contributed by atoms with Gasteiger partial charge in [0.25, 0.3) is 0 Å². The zero-order valence-corrected chi connectivity index (χ0v) is 27.5. The summed E-state index contributed by atoms with van der Waals surface area (Å²) in [5, 5.41) is 4.17. The van der Waals surface area contributed by atoms with Crippen LogP contribution in [0.4, 0.5) is 0 Å². The van der Waals surface area contributed by atoms with Crippen molar-refractivity contribution < 1.29 is 29.7 Å². The van der Waals surface area contributed by atoms with E-state index in [1.54, 1.807) is 0 Å². The molecular formula is C38H30N3O2PPd. The van der Waals surface area contributed by atoms with E-state index < -0.39 is 7.14 Å².